The van der Waals surface area contributed by atoms with Crippen LogP contribution in [0.1, 0.15) is 24.8 Å². The number of carbonyl (C=O) groups excluding carboxylic acids is 1. The fourth-order valence-corrected chi connectivity index (χ4v) is 3.08. The molecule has 1 heterocycles. The molecule has 1 aromatic rings. The highest BCUT2D eigenvalue weighted by atomic mass is 35.5. The van der Waals surface area contributed by atoms with Crippen molar-refractivity contribution in [3.63, 3.8) is 0 Å². The van der Waals surface area contributed by atoms with Crippen molar-refractivity contribution in [3.05, 3.63) is 34.4 Å². The van der Waals surface area contributed by atoms with E-state index < -0.39 is 5.97 Å². The van der Waals surface area contributed by atoms with Gasteiger partial charge in [0, 0.05) is 16.6 Å². The van der Waals surface area contributed by atoms with E-state index in [0.29, 0.717) is 35.6 Å². The molecule has 0 radical (unpaired) electrons. The molecule has 5 nitrogen and oxygen atoms in total. The van der Waals surface area contributed by atoms with Gasteiger partial charge in [0.1, 0.15) is 12.4 Å². The molecule has 2 aliphatic rings. The standard InChI is InChI=1S/C16H16ClNO4/c17-12-2-4-14-10(6-12)5-11(8-22-14)15(19)18-13-3-1-9(7-13)16(20)21/h2,4-6,9,13H,1,3,7-8H2,(H,18,19)(H,20,21)/t9-,13+/m0/s1. The summed E-state index contributed by atoms with van der Waals surface area (Å²) in [5.41, 5.74) is 1.30. The molecule has 2 N–H and O–H groups in total. The first-order valence-electron chi connectivity index (χ1n) is 7.19. The fourth-order valence-electron chi connectivity index (χ4n) is 2.89. The zero-order valence-corrected chi connectivity index (χ0v) is 12.6. The van der Waals surface area contributed by atoms with Crippen molar-refractivity contribution < 1.29 is 19.4 Å². The SMILES string of the molecule is O=C(N[C@@H]1CC[C@H](C(=O)O)C1)C1=Cc2cc(Cl)ccc2OC1. The van der Waals surface area contributed by atoms with Crippen LogP contribution in [-0.2, 0) is 9.59 Å². The molecule has 0 bridgehead atoms. The van der Waals surface area contributed by atoms with Gasteiger partial charge in [-0.15, -0.1) is 0 Å². The maximum atomic E-state index is 12.3. The minimum Gasteiger partial charge on any atom is -0.488 e. The van der Waals surface area contributed by atoms with Crippen molar-refractivity contribution in [3.8, 4) is 5.75 Å². The smallest absolute Gasteiger partial charge is 0.306 e. The van der Waals surface area contributed by atoms with Crippen molar-refractivity contribution in [2.75, 3.05) is 6.61 Å². The average molecular weight is 322 g/mol. The third-order valence-corrected chi connectivity index (χ3v) is 4.33. The van der Waals surface area contributed by atoms with E-state index in [1.807, 2.05) is 0 Å². The number of carboxylic acids is 1. The summed E-state index contributed by atoms with van der Waals surface area (Å²) >= 11 is 5.95. The molecule has 0 saturated heterocycles. The van der Waals surface area contributed by atoms with Crippen LogP contribution in [0.5, 0.6) is 5.75 Å². The summed E-state index contributed by atoms with van der Waals surface area (Å²) in [4.78, 5) is 23.2. The van der Waals surface area contributed by atoms with Crippen LogP contribution in [0.25, 0.3) is 6.08 Å². The quantitative estimate of drug-likeness (QED) is 0.897. The molecule has 0 spiro atoms. The normalized spacial score (nSPS) is 23.2. The Morgan fingerprint density at radius 2 is 2.14 bits per heavy atom. The summed E-state index contributed by atoms with van der Waals surface area (Å²) in [5.74, 6) is -0.656. The summed E-state index contributed by atoms with van der Waals surface area (Å²) in [6, 6.07) is 5.18. The van der Waals surface area contributed by atoms with Crippen LogP contribution < -0.4 is 10.1 Å². The van der Waals surface area contributed by atoms with E-state index in [2.05, 4.69) is 5.32 Å². The van der Waals surface area contributed by atoms with Crippen LogP contribution in [-0.4, -0.2) is 29.6 Å². The molecule has 0 unspecified atom stereocenters. The lowest BCUT2D eigenvalue weighted by Gasteiger charge is -2.19. The first-order valence-corrected chi connectivity index (χ1v) is 7.57. The number of ether oxygens (including phenoxy) is 1. The van der Waals surface area contributed by atoms with E-state index in [1.165, 1.54) is 0 Å². The van der Waals surface area contributed by atoms with E-state index in [-0.39, 0.29) is 24.5 Å². The minimum absolute atomic E-state index is 0.0877. The summed E-state index contributed by atoms with van der Waals surface area (Å²) in [6.07, 6.45) is 3.55. The van der Waals surface area contributed by atoms with Crippen molar-refractivity contribution in [1.29, 1.82) is 0 Å². The van der Waals surface area contributed by atoms with Gasteiger partial charge in [0.05, 0.1) is 11.5 Å². The van der Waals surface area contributed by atoms with Gasteiger partial charge in [-0.2, -0.15) is 0 Å². The van der Waals surface area contributed by atoms with Gasteiger partial charge >= 0.3 is 5.97 Å². The minimum atomic E-state index is -0.791. The number of hydrogen-bond donors (Lipinski definition) is 2. The molecule has 1 aromatic carbocycles. The van der Waals surface area contributed by atoms with Gasteiger partial charge in [-0.05, 0) is 43.5 Å². The summed E-state index contributed by atoms with van der Waals surface area (Å²) < 4.78 is 5.55. The van der Waals surface area contributed by atoms with Crippen LogP contribution in [0.3, 0.4) is 0 Å². The predicted octanol–water partition coefficient (Wildman–Crippen LogP) is 2.49. The number of hydrogen-bond acceptors (Lipinski definition) is 3. The Hall–Kier alpha value is -2.01. The van der Waals surface area contributed by atoms with Crippen molar-refractivity contribution in [1.82, 2.24) is 5.32 Å². The number of aliphatic carboxylic acids is 1. The van der Waals surface area contributed by atoms with Crippen LogP contribution in [0.4, 0.5) is 0 Å². The lowest BCUT2D eigenvalue weighted by Crippen LogP contribution is -2.36. The van der Waals surface area contributed by atoms with E-state index in [9.17, 15) is 9.59 Å². The number of benzene rings is 1. The van der Waals surface area contributed by atoms with Gasteiger partial charge in [0.2, 0.25) is 0 Å². The molecule has 1 amide bonds. The predicted molar refractivity (Wildman–Crippen MR) is 81.8 cm³/mol. The summed E-state index contributed by atoms with van der Waals surface area (Å²) in [5, 5.41) is 12.5. The monoisotopic (exact) mass is 321 g/mol. The number of rotatable bonds is 3. The molecule has 6 heteroatoms. The van der Waals surface area contributed by atoms with Gasteiger partial charge < -0.3 is 15.2 Å². The fraction of sp³-hybridized carbons (Fsp3) is 0.375. The van der Waals surface area contributed by atoms with Gasteiger partial charge in [0.15, 0.2) is 0 Å². The van der Waals surface area contributed by atoms with E-state index in [4.69, 9.17) is 21.4 Å². The second kappa shape index (κ2) is 6.01. The van der Waals surface area contributed by atoms with E-state index >= 15 is 0 Å². The number of carbonyl (C=O) groups is 2. The first-order chi connectivity index (χ1) is 10.5. The lowest BCUT2D eigenvalue weighted by atomic mass is 10.1. The van der Waals surface area contributed by atoms with Crippen LogP contribution in [0.2, 0.25) is 5.02 Å². The number of halogens is 1. The van der Waals surface area contributed by atoms with Crippen LogP contribution in [0.15, 0.2) is 23.8 Å². The largest absolute Gasteiger partial charge is 0.488 e. The van der Waals surface area contributed by atoms with Crippen molar-refractivity contribution >= 4 is 29.6 Å². The number of carboxylic acid groups (broad SMARTS) is 1. The topological polar surface area (TPSA) is 75.6 Å². The van der Waals surface area contributed by atoms with Crippen molar-refractivity contribution in [2.24, 2.45) is 5.92 Å². The van der Waals surface area contributed by atoms with Crippen molar-refractivity contribution in [2.45, 2.75) is 25.3 Å². The Balaban J connectivity index is 1.67. The molecule has 1 fully saturated rings. The number of fused-ring (bicyclic) bond motifs is 1. The first kappa shape index (κ1) is 14.9. The van der Waals surface area contributed by atoms with Crippen LogP contribution >= 0.6 is 11.6 Å². The Labute approximate surface area is 132 Å². The average Bonchev–Trinajstić information content (AvgIpc) is 2.95. The molecule has 1 aliphatic carbocycles. The molecule has 1 aliphatic heterocycles. The zero-order chi connectivity index (χ0) is 15.7. The van der Waals surface area contributed by atoms with Gasteiger partial charge in [-0.25, -0.2) is 0 Å². The Morgan fingerprint density at radius 1 is 1.32 bits per heavy atom. The van der Waals surface area contributed by atoms with Gasteiger partial charge in [-0.3, -0.25) is 9.59 Å². The van der Waals surface area contributed by atoms with Gasteiger partial charge in [-0.1, -0.05) is 11.6 Å². The van der Waals surface area contributed by atoms with E-state index in [1.54, 1.807) is 24.3 Å². The number of nitrogens with one attached hydrogen (secondary N) is 1. The van der Waals surface area contributed by atoms with Gasteiger partial charge in [0.25, 0.3) is 5.91 Å². The Kier molecular flexibility index (Phi) is 4.07. The molecular formula is C16H16ClNO4. The highest BCUT2D eigenvalue weighted by Gasteiger charge is 2.31. The second-order valence-corrected chi connectivity index (χ2v) is 6.10. The molecular weight excluding hydrogens is 306 g/mol. The molecule has 2 atom stereocenters. The maximum absolute atomic E-state index is 12.3. The molecule has 1 saturated carbocycles. The summed E-state index contributed by atoms with van der Waals surface area (Å²) in [7, 11) is 0. The zero-order valence-electron chi connectivity index (χ0n) is 11.8. The maximum Gasteiger partial charge on any atom is 0.306 e. The van der Waals surface area contributed by atoms with E-state index in [0.717, 1.165) is 5.56 Å². The Bertz CT molecular complexity index is 656. The third-order valence-electron chi connectivity index (χ3n) is 4.09. The number of amides is 1. The second-order valence-electron chi connectivity index (χ2n) is 5.66. The Morgan fingerprint density at radius 3 is 2.86 bits per heavy atom. The molecule has 3 rings (SSSR count). The third kappa shape index (κ3) is 3.09. The lowest BCUT2D eigenvalue weighted by molar-refractivity contribution is -0.141. The highest BCUT2D eigenvalue weighted by Crippen LogP contribution is 2.30. The molecule has 116 valence electrons. The summed E-state index contributed by atoms with van der Waals surface area (Å²) in [6.45, 7) is 0.204. The molecule has 0 aromatic heterocycles. The molecule has 22 heavy (non-hydrogen) atoms. The highest BCUT2D eigenvalue weighted by molar-refractivity contribution is 6.30. The van der Waals surface area contributed by atoms with Crippen LogP contribution in [0, 0.1) is 5.92 Å².